The van der Waals surface area contributed by atoms with Gasteiger partial charge in [0.25, 0.3) is 0 Å². The maximum Gasteiger partial charge on any atom is 0.325 e. The molecule has 0 amide bonds. The molecule has 1 N–H and O–H groups in total. The fourth-order valence-corrected chi connectivity index (χ4v) is 3.18. The van der Waals surface area contributed by atoms with Gasteiger partial charge in [-0.3, -0.25) is 14.4 Å². The molecule has 1 atom stereocenters. The number of likely N-dealkylation sites (tertiary alicyclic amines) is 1. The molecule has 2 rings (SSSR count). The number of carboxylic acid groups (broad SMARTS) is 1. The number of aryl methyl sites for hydroxylation is 2. The second-order valence-corrected chi connectivity index (χ2v) is 5.75. The molecule has 5 nitrogen and oxygen atoms in total. The first kappa shape index (κ1) is 15.0. The van der Waals surface area contributed by atoms with E-state index in [9.17, 15) is 9.90 Å². The van der Waals surface area contributed by atoms with Crippen molar-refractivity contribution in [3.05, 3.63) is 17.0 Å². The van der Waals surface area contributed by atoms with Gasteiger partial charge in [-0.15, -0.1) is 0 Å². The SMILES string of the molecule is Cc1nn(C)c(C)c1[C@H](C(=O)O)N1CCCCCCC1. The molecule has 20 heavy (non-hydrogen) atoms. The van der Waals surface area contributed by atoms with Gasteiger partial charge in [0.15, 0.2) is 0 Å². The summed E-state index contributed by atoms with van der Waals surface area (Å²) in [6.45, 7) is 5.59. The normalized spacial score (nSPS) is 19.4. The van der Waals surface area contributed by atoms with Crippen LogP contribution < -0.4 is 0 Å². The molecule has 0 saturated carbocycles. The number of aliphatic carboxylic acids is 1. The van der Waals surface area contributed by atoms with Crippen molar-refractivity contribution in [2.45, 2.75) is 52.0 Å². The average Bonchev–Trinajstić information content (AvgIpc) is 2.58. The van der Waals surface area contributed by atoms with Crippen LogP contribution in [-0.2, 0) is 11.8 Å². The smallest absolute Gasteiger partial charge is 0.325 e. The predicted octanol–water partition coefficient (Wildman–Crippen LogP) is 2.43. The molecule has 1 saturated heterocycles. The lowest BCUT2D eigenvalue weighted by Gasteiger charge is -2.30. The molecule has 1 aromatic heterocycles. The number of rotatable bonds is 3. The Hall–Kier alpha value is -1.36. The van der Waals surface area contributed by atoms with E-state index in [0.29, 0.717) is 0 Å². The van der Waals surface area contributed by atoms with E-state index in [0.717, 1.165) is 42.9 Å². The van der Waals surface area contributed by atoms with Crippen molar-refractivity contribution < 1.29 is 9.90 Å². The van der Waals surface area contributed by atoms with E-state index in [1.54, 1.807) is 4.68 Å². The van der Waals surface area contributed by atoms with Crippen LogP contribution >= 0.6 is 0 Å². The Balaban J connectivity index is 2.32. The Bertz CT molecular complexity index is 474. The third-order valence-corrected chi connectivity index (χ3v) is 4.33. The second-order valence-electron chi connectivity index (χ2n) is 5.75. The zero-order chi connectivity index (χ0) is 14.7. The molecule has 0 aromatic carbocycles. The van der Waals surface area contributed by atoms with E-state index in [4.69, 9.17) is 0 Å². The summed E-state index contributed by atoms with van der Waals surface area (Å²) in [7, 11) is 1.87. The highest BCUT2D eigenvalue weighted by Crippen LogP contribution is 2.28. The molecule has 1 aliphatic heterocycles. The van der Waals surface area contributed by atoms with Gasteiger partial charge >= 0.3 is 5.97 Å². The molecule has 0 aliphatic carbocycles. The predicted molar refractivity (Wildman–Crippen MR) is 77.7 cm³/mol. The Morgan fingerprint density at radius 1 is 1.15 bits per heavy atom. The molecule has 0 spiro atoms. The molecule has 1 aliphatic rings. The van der Waals surface area contributed by atoms with Crippen molar-refractivity contribution >= 4 is 5.97 Å². The van der Waals surface area contributed by atoms with Crippen molar-refractivity contribution in [2.75, 3.05) is 13.1 Å². The van der Waals surface area contributed by atoms with Crippen molar-refractivity contribution in [3.63, 3.8) is 0 Å². The monoisotopic (exact) mass is 279 g/mol. The van der Waals surface area contributed by atoms with Gasteiger partial charge in [-0.1, -0.05) is 19.3 Å². The minimum Gasteiger partial charge on any atom is -0.480 e. The topological polar surface area (TPSA) is 58.4 Å². The minimum absolute atomic E-state index is 0.554. The number of hydrogen-bond acceptors (Lipinski definition) is 3. The van der Waals surface area contributed by atoms with E-state index < -0.39 is 12.0 Å². The Kier molecular flexibility index (Phi) is 4.81. The van der Waals surface area contributed by atoms with Crippen LogP contribution in [0.2, 0.25) is 0 Å². The molecular formula is C15H25N3O2. The van der Waals surface area contributed by atoms with Crippen LogP contribution in [0.5, 0.6) is 0 Å². The van der Waals surface area contributed by atoms with Gasteiger partial charge in [0.05, 0.1) is 5.69 Å². The summed E-state index contributed by atoms with van der Waals surface area (Å²) in [6, 6.07) is -0.554. The van der Waals surface area contributed by atoms with Gasteiger partial charge in [0, 0.05) is 18.3 Å². The minimum atomic E-state index is -0.759. The molecular weight excluding hydrogens is 254 g/mol. The largest absolute Gasteiger partial charge is 0.480 e. The van der Waals surface area contributed by atoms with Gasteiger partial charge in [0.1, 0.15) is 6.04 Å². The summed E-state index contributed by atoms with van der Waals surface area (Å²) in [6.07, 6.45) is 5.85. The fourth-order valence-electron chi connectivity index (χ4n) is 3.18. The summed E-state index contributed by atoms with van der Waals surface area (Å²) in [5.41, 5.74) is 2.66. The molecule has 112 valence electrons. The zero-order valence-corrected chi connectivity index (χ0v) is 12.7. The third kappa shape index (κ3) is 3.03. The maximum absolute atomic E-state index is 11.8. The lowest BCUT2D eigenvalue weighted by Crippen LogP contribution is -2.37. The third-order valence-electron chi connectivity index (χ3n) is 4.33. The van der Waals surface area contributed by atoms with E-state index in [1.165, 1.54) is 19.3 Å². The van der Waals surface area contributed by atoms with Gasteiger partial charge in [-0.2, -0.15) is 5.10 Å². The van der Waals surface area contributed by atoms with Crippen LogP contribution in [0.25, 0.3) is 0 Å². The van der Waals surface area contributed by atoms with Crippen molar-refractivity contribution in [2.24, 2.45) is 7.05 Å². The molecule has 2 heterocycles. The van der Waals surface area contributed by atoms with E-state index >= 15 is 0 Å². The highest BCUT2D eigenvalue weighted by Gasteiger charge is 2.32. The summed E-state index contributed by atoms with van der Waals surface area (Å²) >= 11 is 0. The fraction of sp³-hybridized carbons (Fsp3) is 0.733. The van der Waals surface area contributed by atoms with Crippen LogP contribution in [0.1, 0.15) is 55.1 Å². The van der Waals surface area contributed by atoms with Gasteiger partial charge in [0.2, 0.25) is 0 Å². The number of carboxylic acids is 1. The summed E-state index contributed by atoms with van der Waals surface area (Å²) in [5.74, 6) is -0.759. The molecule has 5 heteroatoms. The number of hydrogen-bond donors (Lipinski definition) is 1. The molecule has 0 bridgehead atoms. The summed E-state index contributed by atoms with van der Waals surface area (Å²) in [5, 5.41) is 14.1. The lowest BCUT2D eigenvalue weighted by molar-refractivity contribution is -0.143. The highest BCUT2D eigenvalue weighted by atomic mass is 16.4. The van der Waals surface area contributed by atoms with E-state index in [2.05, 4.69) is 10.00 Å². The van der Waals surface area contributed by atoms with Crippen LogP contribution in [0, 0.1) is 13.8 Å². The maximum atomic E-state index is 11.8. The lowest BCUT2D eigenvalue weighted by atomic mass is 10.0. The number of carbonyl (C=O) groups is 1. The average molecular weight is 279 g/mol. The van der Waals surface area contributed by atoms with Gasteiger partial charge < -0.3 is 5.11 Å². The molecule has 0 unspecified atom stereocenters. The first-order chi connectivity index (χ1) is 9.52. The van der Waals surface area contributed by atoms with E-state index in [-0.39, 0.29) is 0 Å². The standard InChI is InChI=1S/C15H25N3O2/c1-11-13(12(2)17(3)16-11)14(15(19)20)18-9-7-5-4-6-8-10-18/h14H,4-10H2,1-3H3,(H,19,20)/t14-/m1/s1. The quantitative estimate of drug-likeness (QED) is 0.923. The Morgan fingerprint density at radius 3 is 2.15 bits per heavy atom. The number of nitrogens with zero attached hydrogens (tertiary/aromatic N) is 3. The van der Waals surface area contributed by atoms with Crippen molar-refractivity contribution in [3.8, 4) is 0 Å². The first-order valence-electron chi connectivity index (χ1n) is 7.49. The van der Waals surface area contributed by atoms with Gasteiger partial charge in [-0.05, 0) is 39.8 Å². The molecule has 1 fully saturated rings. The van der Waals surface area contributed by atoms with E-state index in [1.807, 2.05) is 20.9 Å². The van der Waals surface area contributed by atoms with Crippen LogP contribution in [0.3, 0.4) is 0 Å². The Labute approximate surface area is 120 Å². The van der Waals surface area contributed by atoms with Gasteiger partial charge in [-0.25, -0.2) is 0 Å². The first-order valence-corrected chi connectivity index (χ1v) is 7.49. The highest BCUT2D eigenvalue weighted by molar-refractivity contribution is 5.76. The molecule has 0 radical (unpaired) electrons. The van der Waals surface area contributed by atoms with Crippen molar-refractivity contribution in [1.29, 1.82) is 0 Å². The van der Waals surface area contributed by atoms with Crippen LogP contribution in [0.15, 0.2) is 0 Å². The summed E-state index contributed by atoms with van der Waals surface area (Å²) in [4.78, 5) is 14.0. The number of aromatic nitrogens is 2. The summed E-state index contributed by atoms with van der Waals surface area (Å²) < 4.78 is 1.78. The van der Waals surface area contributed by atoms with Crippen LogP contribution in [0.4, 0.5) is 0 Å². The molecule has 1 aromatic rings. The van der Waals surface area contributed by atoms with Crippen molar-refractivity contribution in [1.82, 2.24) is 14.7 Å². The Morgan fingerprint density at radius 2 is 1.70 bits per heavy atom. The zero-order valence-electron chi connectivity index (χ0n) is 12.7. The second kappa shape index (κ2) is 6.39. The van der Waals surface area contributed by atoms with Crippen LogP contribution in [-0.4, -0.2) is 38.8 Å².